The van der Waals surface area contributed by atoms with Crippen LogP contribution in [0.3, 0.4) is 0 Å². The molecule has 4 nitrogen and oxygen atoms in total. The van der Waals surface area contributed by atoms with Crippen molar-refractivity contribution in [2.75, 3.05) is 11.5 Å². The van der Waals surface area contributed by atoms with Gasteiger partial charge in [0.05, 0.1) is 0 Å². The molecule has 220 valence electrons. The van der Waals surface area contributed by atoms with Crippen LogP contribution in [0.2, 0.25) is 0 Å². The summed E-state index contributed by atoms with van der Waals surface area (Å²) < 4.78 is 142. The van der Waals surface area contributed by atoms with E-state index in [0.717, 1.165) is 5.75 Å². The van der Waals surface area contributed by atoms with E-state index < -0.39 is 33.4 Å². The zero-order valence-electron chi connectivity index (χ0n) is 20.2. The molecule has 1 aliphatic heterocycles. The molecule has 0 aliphatic carbocycles. The van der Waals surface area contributed by atoms with Crippen molar-refractivity contribution in [3.8, 4) is 5.75 Å². The Balaban J connectivity index is 0.000000234. The van der Waals surface area contributed by atoms with Crippen LogP contribution >= 0.6 is 0 Å². The summed E-state index contributed by atoms with van der Waals surface area (Å²) in [6.45, 7) is 0.621. The van der Waals surface area contributed by atoms with Gasteiger partial charge in [0.15, 0.2) is 15.0 Å². The maximum absolute atomic E-state index is 12.2. The van der Waals surface area contributed by atoms with Crippen LogP contribution in [-0.4, -0.2) is 47.8 Å². The van der Waals surface area contributed by atoms with Crippen molar-refractivity contribution >= 4 is 31.8 Å². The third-order valence-electron chi connectivity index (χ3n) is 5.85. The molecule has 0 spiro atoms. The predicted octanol–water partition coefficient (Wildman–Crippen LogP) is 7.15. The first-order valence-electron chi connectivity index (χ1n) is 11.4. The minimum Gasteiger partial charge on any atom is -0.743 e. The molecule has 1 fully saturated rings. The smallest absolute Gasteiger partial charge is 0.460 e. The number of ether oxygens (including phenoxy) is 1. The summed E-state index contributed by atoms with van der Waals surface area (Å²) in [5.41, 5.74) is 1.21. The fourth-order valence-electron chi connectivity index (χ4n) is 3.75. The zero-order chi connectivity index (χ0) is 30.0. The third-order valence-corrected chi connectivity index (χ3v) is 9.28. The van der Waals surface area contributed by atoms with E-state index in [0.29, 0.717) is 17.5 Å². The molecule has 0 unspecified atom stereocenters. The average Bonchev–Trinajstić information content (AvgIpc) is 3.41. The second-order valence-electron chi connectivity index (χ2n) is 8.61. The quantitative estimate of drug-likeness (QED) is 0.160. The second kappa shape index (κ2) is 11.7. The Labute approximate surface area is 226 Å². The zero-order valence-corrected chi connectivity index (χ0v) is 21.9. The number of fused-ring (bicyclic) bond motifs is 1. The van der Waals surface area contributed by atoms with Gasteiger partial charge in [-0.1, -0.05) is 48.5 Å². The molecule has 0 radical (unpaired) electrons. The highest BCUT2D eigenvalue weighted by Gasteiger charge is 2.83. The Morgan fingerprint density at radius 3 is 1.77 bits per heavy atom. The van der Waals surface area contributed by atoms with E-state index in [1.807, 2.05) is 6.07 Å². The van der Waals surface area contributed by atoms with Gasteiger partial charge in [-0.05, 0) is 36.6 Å². The summed E-state index contributed by atoms with van der Waals surface area (Å²) in [5.74, 6) is -11.1. The Morgan fingerprint density at radius 2 is 1.25 bits per heavy atom. The maximum atomic E-state index is 12.2. The van der Waals surface area contributed by atoms with Gasteiger partial charge in [-0.15, -0.1) is 0 Å². The second-order valence-corrected chi connectivity index (χ2v) is 12.3. The lowest BCUT2D eigenvalue weighted by molar-refractivity contribution is -0.382. The summed E-state index contributed by atoms with van der Waals surface area (Å²) in [4.78, 5) is 1.53. The van der Waals surface area contributed by atoms with Crippen molar-refractivity contribution in [2.45, 2.75) is 47.6 Å². The van der Waals surface area contributed by atoms with E-state index in [-0.39, 0.29) is 0 Å². The van der Waals surface area contributed by atoms with Gasteiger partial charge < -0.3 is 9.29 Å². The molecule has 0 atom stereocenters. The van der Waals surface area contributed by atoms with Crippen LogP contribution in [0.1, 0.15) is 18.4 Å². The van der Waals surface area contributed by atoms with Crippen LogP contribution < -0.4 is 4.74 Å². The number of alkyl halides is 9. The Bertz CT molecular complexity index is 1410. The van der Waals surface area contributed by atoms with Gasteiger partial charge in [-0.2, -0.15) is 39.5 Å². The van der Waals surface area contributed by atoms with Crippen molar-refractivity contribution in [3.63, 3.8) is 0 Å². The summed E-state index contributed by atoms with van der Waals surface area (Å²) in [6, 6.07) is 23.5. The maximum Gasteiger partial charge on any atom is 0.460 e. The number of rotatable bonds is 7. The predicted molar refractivity (Wildman–Crippen MR) is 130 cm³/mol. The van der Waals surface area contributed by atoms with E-state index in [1.165, 1.54) is 45.6 Å². The number of hydrogen-bond donors (Lipinski definition) is 0. The molecule has 0 saturated carbocycles. The van der Waals surface area contributed by atoms with Crippen molar-refractivity contribution in [2.24, 2.45) is 0 Å². The topological polar surface area (TPSA) is 66.4 Å². The average molecular weight is 621 g/mol. The molecule has 1 saturated heterocycles. The molecular weight excluding hydrogens is 599 g/mol. The number of hydrogen-bond acceptors (Lipinski definition) is 4. The standard InChI is InChI=1S/C21H21OS.C4HF9O3S/c1-2-8-17(9-3-1)16-22-20-12-13-21(23-14-6-7-15-23)19-11-5-4-10-18(19)20;5-1(6,3(9,10)11)2(7,8)4(12,13)17(14,15)16/h1-5,8-13H,6-7,14-16H2;(H,14,15,16)/q+1;/p-1. The van der Waals surface area contributed by atoms with Gasteiger partial charge in [-0.3, -0.25) is 0 Å². The van der Waals surface area contributed by atoms with Crippen LogP contribution in [0.5, 0.6) is 5.75 Å². The molecular formula is C25H21F9O4S2. The van der Waals surface area contributed by atoms with E-state index in [9.17, 15) is 52.5 Å². The van der Waals surface area contributed by atoms with E-state index in [2.05, 4.69) is 60.7 Å². The number of benzene rings is 3. The molecule has 40 heavy (non-hydrogen) atoms. The van der Waals surface area contributed by atoms with Crippen LogP contribution in [0.25, 0.3) is 10.8 Å². The Morgan fingerprint density at radius 1 is 0.725 bits per heavy atom. The van der Waals surface area contributed by atoms with Crippen LogP contribution in [0.15, 0.2) is 71.6 Å². The van der Waals surface area contributed by atoms with Crippen LogP contribution in [-0.2, 0) is 27.6 Å². The lowest BCUT2D eigenvalue weighted by Gasteiger charge is -2.34. The fourth-order valence-corrected chi connectivity index (χ4v) is 6.69. The first-order chi connectivity index (χ1) is 18.4. The lowest BCUT2D eigenvalue weighted by Crippen LogP contribution is -2.63. The highest BCUT2D eigenvalue weighted by Crippen LogP contribution is 2.54. The summed E-state index contributed by atoms with van der Waals surface area (Å²) in [7, 11) is -6.99. The third kappa shape index (κ3) is 6.30. The normalized spacial score (nSPS) is 15.6. The Kier molecular flexibility index (Phi) is 9.31. The van der Waals surface area contributed by atoms with Gasteiger partial charge in [0.2, 0.25) is 0 Å². The summed E-state index contributed by atoms with van der Waals surface area (Å²) in [6.07, 6.45) is -4.40. The first-order valence-corrected chi connectivity index (χ1v) is 14.4. The van der Waals surface area contributed by atoms with Crippen molar-refractivity contribution in [3.05, 3.63) is 72.3 Å². The first kappa shape index (κ1) is 31.9. The van der Waals surface area contributed by atoms with Crippen molar-refractivity contribution < 1.29 is 57.2 Å². The largest absolute Gasteiger partial charge is 0.743 e. The van der Waals surface area contributed by atoms with Crippen LogP contribution in [0, 0.1) is 0 Å². The van der Waals surface area contributed by atoms with E-state index >= 15 is 0 Å². The molecule has 4 rings (SSSR count). The van der Waals surface area contributed by atoms with Gasteiger partial charge in [0.1, 0.15) is 23.9 Å². The molecule has 1 aliphatic rings. The highest BCUT2D eigenvalue weighted by molar-refractivity contribution is 7.97. The molecule has 0 aromatic heterocycles. The van der Waals surface area contributed by atoms with E-state index in [1.54, 1.807) is 0 Å². The number of halogens is 9. The lowest BCUT2D eigenvalue weighted by atomic mass is 10.1. The SMILES string of the molecule is O=S(=O)([O-])C(F)(F)C(F)(F)C(F)(F)C(F)(F)F.c1ccc(COc2ccc([S+]3CCCC3)c3ccccc23)cc1. The molecule has 3 aromatic carbocycles. The molecule has 0 bridgehead atoms. The van der Waals surface area contributed by atoms with Crippen LogP contribution in [0.4, 0.5) is 39.5 Å². The van der Waals surface area contributed by atoms with Gasteiger partial charge in [0.25, 0.3) is 0 Å². The fraction of sp³-hybridized carbons (Fsp3) is 0.360. The van der Waals surface area contributed by atoms with Gasteiger partial charge in [-0.25, -0.2) is 8.42 Å². The molecule has 0 N–H and O–H groups in total. The minimum atomic E-state index is -7.43. The molecule has 15 heteroatoms. The monoisotopic (exact) mass is 620 g/mol. The Hall–Kier alpha value is -2.65. The molecule has 3 aromatic rings. The molecule has 0 amide bonds. The summed E-state index contributed by atoms with van der Waals surface area (Å²) in [5, 5.41) is -4.48. The van der Waals surface area contributed by atoms with E-state index in [4.69, 9.17) is 4.74 Å². The van der Waals surface area contributed by atoms with Crippen molar-refractivity contribution in [1.29, 1.82) is 0 Å². The summed E-state index contributed by atoms with van der Waals surface area (Å²) >= 11 is 0. The van der Waals surface area contributed by atoms with Crippen molar-refractivity contribution in [1.82, 2.24) is 0 Å². The van der Waals surface area contributed by atoms with Gasteiger partial charge >= 0.3 is 23.3 Å². The highest BCUT2D eigenvalue weighted by atomic mass is 32.2. The molecule has 1 heterocycles. The van der Waals surface area contributed by atoms with Gasteiger partial charge in [0, 0.05) is 21.7 Å². The minimum absolute atomic E-state index is 0.431.